The summed E-state index contributed by atoms with van der Waals surface area (Å²) in [5.74, 6) is 0.714. The van der Waals surface area contributed by atoms with Gasteiger partial charge in [-0.25, -0.2) is 4.79 Å². The summed E-state index contributed by atoms with van der Waals surface area (Å²) in [6, 6.07) is 6.48. The Morgan fingerprint density at radius 2 is 1.74 bits per heavy atom. The average Bonchev–Trinajstić information content (AvgIpc) is 2.49. The van der Waals surface area contributed by atoms with Gasteiger partial charge >= 0.3 is 11.9 Å². The van der Waals surface area contributed by atoms with Gasteiger partial charge in [-0.1, -0.05) is 18.2 Å². The number of aromatic nitrogens is 2. The molecule has 23 heavy (non-hydrogen) atoms. The van der Waals surface area contributed by atoms with Gasteiger partial charge < -0.3 is 0 Å². The minimum absolute atomic E-state index is 0.354. The highest BCUT2D eigenvalue weighted by atomic mass is 32.2. The minimum atomic E-state index is -4.36. The van der Waals surface area contributed by atoms with Gasteiger partial charge in [-0.05, 0) is 11.6 Å². The van der Waals surface area contributed by atoms with Crippen molar-refractivity contribution >= 4 is 11.8 Å². The Hall–Kier alpha value is -1.96. The molecule has 0 N–H and O–H groups in total. The molecule has 0 aliphatic carbocycles. The Balaban J connectivity index is 2.09. The van der Waals surface area contributed by atoms with E-state index in [1.54, 1.807) is 13.1 Å². The van der Waals surface area contributed by atoms with Gasteiger partial charge in [0.05, 0.1) is 5.56 Å². The van der Waals surface area contributed by atoms with Gasteiger partial charge in [-0.3, -0.25) is 13.9 Å². The van der Waals surface area contributed by atoms with Crippen molar-refractivity contribution < 1.29 is 13.2 Å². The molecule has 0 unspecified atom stereocenters. The molecule has 0 spiro atoms. The fourth-order valence-electron chi connectivity index (χ4n) is 2.03. The second-order valence-corrected chi connectivity index (χ2v) is 6.05. The lowest BCUT2D eigenvalue weighted by molar-refractivity contribution is -0.137. The number of thioether (sulfide) groups is 1. The normalized spacial score (nSPS) is 11.7. The highest BCUT2D eigenvalue weighted by Crippen LogP contribution is 2.30. The van der Waals surface area contributed by atoms with Gasteiger partial charge in [-0.2, -0.15) is 24.9 Å². The van der Waals surface area contributed by atoms with Crippen LogP contribution in [0.1, 0.15) is 16.8 Å². The van der Waals surface area contributed by atoms with Crippen LogP contribution in [0.15, 0.2) is 39.9 Å². The third-order valence-electron chi connectivity index (χ3n) is 3.40. The maximum atomic E-state index is 12.7. The van der Waals surface area contributed by atoms with Crippen molar-refractivity contribution in [3.63, 3.8) is 0 Å². The molecule has 0 saturated heterocycles. The lowest BCUT2D eigenvalue weighted by Gasteiger charge is -2.10. The number of nitrogens with zero attached hydrogens (tertiary/aromatic N) is 2. The van der Waals surface area contributed by atoms with E-state index in [1.807, 2.05) is 0 Å². The second-order valence-electron chi connectivity index (χ2n) is 5.07. The molecule has 1 aromatic heterocycles. The number of hydrogen-bond acceptors (Lipinski definition) is 3. The zero-order valence-electron chi connectivity index (χ0n) is 12.6. The first-order chi connectivity index (χ1) is 10.7. The fraction of sp³-hybridized carbons (Fsp3) is 0.333. The van der Waals surface area contributed by atoms with Crippen molar-refractivity contribution in [1.29, 1.82) is 0 Å². The van der Waals surface area contributed by atoms with Crippen LogP contribution in [0, 0.1) is 0 Å². The molecule has 0 atom stereocenters. The standard InChI is InChI=1S/C15H15F3N2O2S/c1-19-12(7-13(21)20(2)14(19)22)9-23-8-10-4-3-5-11(6-10)15(16,17)18/h3-7H,8-9H2,1-2H3. The molecule has 0 bridgehead atoms. The van der Waals surface area contributed by atoms with E-state index in [0.717, 1.165) is 16.7 Å². The molecule has 0 amide bonds. The molecule has 2 aromatic rings. The van der Waals surface area contributed by atoms with Crippen LogP contribution in [0.25, 0.3) is 0 Å². The summed E-state index contributed by atoms with van der Waals surface area (Å²) in [5.41, 5.74) is -0.430. The van der Waals surface area contributed by atoms with Crippen LogP contribution in [0.4, 0.5) is 13.2 Å². The van der Waals surface area contributed by atoms with Gasteiger partial charge in [0.2, 0.25) is 0 Å². The fourth-order valence-corrected chi connectivity index (χ4v) is 3.03. The van der Waals surface area contributed by atoms with Crippen LogP contribution in [0.5, 0.6) is 0 Å². The Labute approximate surface area is 134 Å². The molecule has 0 aliphatic rings. The van der Waals surface area contributed by atoms with Crippen LogP contribution >= 0.6 is 11.8 Å². The number of alkyl halides is 3. The van der Waals surface area contributed by atoms with E-state index >= 15 is 0 Å². The number of rotatable bonds is 4. The summed E-state index contributed by atoms with van der Waals surface area (Å²) in [5, 5.41) is 0. The first-order valence-corrected chi connectivity index (χ1v) is 7.85. The zero-order chi connectivity index (χ0) is 17.2. The van der Waals surface area contributed by atoms with E-state index < -0.39 is 23.0 Å². The van der Waals surface area contributed by atoms with Crippen molar-refractivity contribution in [2.75, 3.05) is 0 Å². The molecular formula is C15H15F3N2O2S. The molecule has 124 valence electrons. The van der Waals surface area contributed by atoms with Crippen molar-refractivity contribution in [2.45, 2.75) is 17.7 Å². The molecular weight excluding hydrogens is 329 g/mol. The first kappa shape index (κ1) is 17.4. The van der Waals surface area contributed by atoms with E-state index in [2.05, 4.69) is 0 Å². The van der Waals surface area contributed by atoms with Gasteiger partial charge in [-0.15, -0.1) is 0 Å². The van der Waals surface area contributed by atoms with E-state index in [4.69, 9.17) is 0 Å². The molecule has 0 fully saturated rings. The Morgan fingerprint density at radius 3 is 2.39 bits per heavy atom. The minimum Gasteiger partial charge on any atom is -0.300 e. The predicted octanol–water partition coefficient (Wildman–Crippen LogP) is 2.54. The van der Waals surface area contributed by atoms with Crippen LogP contribution in [-0.2, 0) is 31.8 Å². The average molecular weight is 344 g/mol. The maximum Gasteiger partial charge on any atom is 0.416 e. The van der Waals surface area contributed by atoms with E-state index in [0.29, 0.717) is 22.8 Å². The van der Waals surface area contributed by atoms with Gasteiger partial charge in [0.25, 0.3) is 5.56 Å². The first-order valence-electron chi connectivity index (χ1n) is 6.70. The third-order valence-corrected chi connectivity index (χ3v) is 4.44. The molecule has 8 heteroatoms. The number of benzene rings is 1. The van der Waals surface area contributed by atoms with Gasteiger partial charge in [0.15, 0.2) is 0 Å². The maximum absolute atomic E-state index is 12.7. The Morgan fingerprint density at radius 1 is 1.04 bits per heavy atom. The summed E-state index contributed by atoms with van der Waals surface area (Å²) in [6.07, 6.45) is -4.36. The van der Waals surface area contributed by atoms with E-state index in [-0.39, 0.29) is 0 Å². The van der Waals surface area contributed by atoms with Crippen LogP contribution in [0.2, 0.25) is 0 Å². The SMILES string of the molecule is Cn1c(CSCc2cccc(C(F)(F)F)c2)cc(=O)n(C)c1=O. The summed E-state index contributed by atoms with van der Waals surface area (Å²) in [6.45, 7) is 0. The lowest BCUT2D eigenvalue weighted by Crippen LogP contribution is -2.37. The largest absolute Gasteiger partial charge is 0.416 e. The Kier molecular flexibility index (Phi) is 5.03. The molecule has 1 aromatic carbocycles. The highest BCUT2D eigenvalue weighted by Gasteiger charge is 2.30. The molecule has 0 aliphatic heterocycles. The molecule has 2 rings (SSSR count). The summed E-state index contributed by atoms with van der Waals surface area (Å²) < 4.78 is 40.3. The zero-order valence-corrected chi connectivity index (χ0v) is 13.4. The van der Waals surface area contributed by atoms with E-state index in [1.165, 1.54) is 35.5 Å². The summed E-state index contributed by atoms with van der Waals surface area (Å²) in [4.78, 5) is 23.4. The predicted molar refractivity (Wildman–Crippen MR) is 83.4 cm³/mol. The van der Waals surface area contributed by atoms with Crippen molar-refractivity contribution in [2.24, 2.45) is 14.1 Å². The molecule has 4 nitrogen and oxygen atoms in total. The number of halogens is 3. The quantitative estimate of drug-likeness (QED) is 0.856. The van der Waals surface area contributed by atoms with Gasteiger partial charge in [0, 0.05) is 37.4 Å². The van der Waals surface area contributed by atoms with Gasteiger partial charge in [0.1, 0.15) is 0 Å². The van der Waals surface area contributed by atoms with Crippen LogP contribution in [0.3, 0.4) is 0 Å². The third kappa shape index (κ3) is 4.07. The number of hydrogen-bond donors (Lipinski definition) is 0. The molecule has 0 saturated carbocycles. The van der Waals surface area contributed by atoms with Crippen molar-refractivity contribution in [1.82, 2.24) is 9.13 Å². The molecule has 0 radical (unpaired) electrons. The van der Waals surface area contributed by atoms with E-state index in [9.17, 15) is 22.8 Å². The monoisotopic (exact) mass is 344 g/mol. The van der Waals surface area contributed by atoms with Crippen LogP contribution < -0.4 is 11.2 Å². The van der Waals surface area contributed by atoms with Crippen molar-refractivity contribution in [3.8, 4) is 0 Å². The Bertz CT molecular complexity index is 825. The lowest BCUT2D eigenvalue weighted by atomic mass is 10.1. The topological polar surface area (TPSA) is 44.0 Å². The second kappa shape index (κ2) is 6.66. The van der Waals surface area contributed by atoms with Crippen LogP contribution in [-0.4, -0.2) is 9.13 Å². The highest BCUT2D eigenvalue weighted by molar-refractivity contribution is 7.97. The molecule has 1 heterocycles. The van der Waals surface area contributed by atoms with Crippen molar-refractivity contribution in [3.05, 3.63) is 68.0 Å². The summed E-state index contributed by atoms with van der Waals surface area (Å²) in [7, 11) is 2.95. The smallest absolute Gasteiger partial charge is 0.300 e. The summed E-state index contributed by atoms with van der Waals surface area (Å²) >= 11 is 1.34.